The first-order chi connectivity index (χ1) is 9.56. The van der Waals surface area contributed by atoms with E-state index in [2.05, 4.69) is 10.1 Å². The van der Waals surface area contributed by atoms with Crippen LogP contribution in [0.15, 0.2) is 22.7 Å². The van der Waals surface area contributed by atoms with Crippen LogP contribution < -0.4 is 4.74 Å². The predicted molar refractivity (Wildman–Crippen MR) is 75.0 cm³/mol. The van der Waals surface area contributed by atoms with Crippen molar-refractivity contribution in [1.29, 1.82) is 0 Å². The lowest BCUT2D eigenvalue weighted by molar-refractivity contribution is -0.119. The number of aromatic nitrogens is 2. The molecule has 0 spiro atoms. The Hall–Kier alpha value is -1.88. The van der Waals surface area contributed by atoms with Crippen LogP contribution in [-0.2, 0) is 4.79 Å². The fourth-order valence-corrected chi connectivity index (χ4v) is 2.13. The Kier molecular flexibility index (Phi) is 4.39. The van der Waals surface area contributed by atoms with Crippen LogP contribution in [0.5, 0.6) is 5.75 Å². The minimum Gasteiger partial charge on any atom is -0.496 e. The number of benzene rings is 1. The Morgan fingerprint density at radius 2 is 2.25 bits per heavy atom. The molecule has 106 valence electrons. The Balaban J connectivity index is 2.40. The maximum atomic E-state index is 11.5. The van der Waals surface area contributed by atoms with Crippen LogP contribution in [0.25, 0.3) is 11.4 Å². The second kappa shape index (κ2) is 6.05. The van der Waals surface area contributed by atoms with E-state index in [9.17, 15) is 4.79 Å². The van der Waals surface area contributed by atoms with Crippen LogP contribution in [0.4, 0.5) is 0 Å². The zero-order valence-electron chi connectivity index (χ0n) is 11.5. The minimum atomic E-state index is -0.366. The summed E-state index contributed by atoms with van der Waals surface area (Å²) in [5.41, 5.74) is 0.672. The number of Topliss-reactive ketones (excluding diaryl/α,β-unsaturated/α-hetero) is 1. The maximum absolute atomic E-state index is 11.5. The number of nitrogens with zero attached hydrogens (tertiary/aromatic N) is 2. The van der Waals surface area contributed by atoms with E-state index in [-0.39, 0.29) is 11.7 Å². The van der Waals surface area contributed by atoms with Gasteiger partial charge in [0.05, 0.1) is 18.6 Å². The highest BCUT2D eigenvalue weighted by Crippen LogP contribution is 2.31. The molecule has 0 saturated carbocycles. The SMILES string of the molecule is CCC(C(C)=O)c1nc(-c2ccc(Cl)cc2OC)no1. The van der Waals surface area contributed by atoms with E-state index in [1.807, 2.05) is 6.92 Å². The van der Waals surface area contributed by atoms with Gasteiger partial charge in [-0.05, 0) is 31.5 Å². The van der Waals surface area contributed by atoms with Gasteiger partial charge in [0.15, 0.2) is 0 Å². The molecule has 6 heteroatoms. The monoisotopic (exact) mass is 294 g/mol. The molecular formula is C14H15ClN2O3. The second-order valence-electron chi connectivity index (χ2n) is 4.37. The van der Waals surface area contributed by atoms with E-state index in [1.165, 1.54) is 6.92 Å². The summed E-state index contributed by atoms with van der Waals surface area (Å²) in [6.07, 6.45) is 0.620. The lowest BCUT2D eigenvalue weighted by Crippen LogP contribution is -2.07. The smallest absolute Gasteiger partial charge is 0.237 e. The summed E-state index contributed by atoms with van der Waals surface area (Å²) >= 11 is 5.91. The molecule has 1 unspecified atom stereocenters. The molecule has 0 saturated heterocycles. The van der Waals surface area contributed by atoms with Crippen molar-refractivity contribution < 1.29 is 14.1 Å². The molecule has 20 heavy (non-hydrogen) atoms. The van der Waals surface area contributed by atoms with E-state index < -0.39 is 0 Å². The Labute approximate surface area is 121 Å². The summed E-state index contributed by atoms with van der Waals surface area (Å²) in [5, 5.41) is 4.47. The van der Waals surface area contributed by atoms with E-state index in [1.54, 1.807) is 25.3 Å². The van der Waals surface area contributed by atoms with Crippen LogP contribution in [0.3, 0.4) is 0 Å². The lowest BCUT2D eigenvalue weighted by atomic mass is 10.0. The van der Waals surface area contributed by atoms with Gasteiger partial charge in [0.2, 0.25) is 11.7 Å². The molecule has 1 atom stereocenters. The van der Waals surface area contributed by atoms with Gasteiger partial charge in [-0.3, -0.25) is 4.79 Å². The topological polar surface area (TPSA) is 65.2 Å². The summed E-state index contributed by atoms with van der Waals surface area (Å²) in [4.78, 5) is 15.8. The average Bonchev–Trinajstić information content (AvgIpc) is 2.88. The van der Waals surface area contributed by atoms with E-state index >= 15 is 0 Å². The van der Waals surface area contributed by atoms with Gasteiger partial charge in [-0.15, -0.1) is 0 Å². The van der Waals surface area contributed by atoms with Crippen LogP contribution in [-0.4, -0.2) is 23.0 Å². The summed E-state index contributed by atoms with van der Waals surface area (Å²) in [5.74, 6) is 0.904. The normalized spacial score (nSPS) is 12.2. The van der Waals surface area contributed by atoms with Crippen molar-refractivity contribution in [2.75, 3.05) is 7.11 Å². The molecule has 5 nitrogen and oxygen atoms in total. The fourth-order valence-electron chi connectivity index (χ4n) is 1.97. The number of ketones is 1. The Morgan fingerprint density at radius 3 is 2.85 bits per heavy atom. The van der Waals surface area contributed by atoms with Gasteiger partial charge in [0.1, 0.15) is 11.5 Å². The number of methoxy groups -OCH3 is 1. The summed E-state index contributed by atoms with van der Waals surface area (Å²) in [7, 11) is 1.54. The molecule has 0 bridgehead atoms. The molecule has 0 aliphatic carbocycles. The molecule has 1 heterocycles. The molecule has 0 amide bonds. The highest BCUT2D eigenvalue weighted by Gasteiger charge is 2.23. The molecule has 0 N–H and O–H groups in total. The van der Waals surface area contributed by atoms with Crippen LogP contribution in [0, 0.1) is 0 Å². The summed E-state index contributed by atoms with van der Waals surface area (Å²) < 4.78 is 10.4. The van der Waals surface area contributed by atoms with Gasteiger partial charge < -0.3 is 9.26 Å². The second-order valence-corrected chi connectivity index (χ2v) is 4.81. The van der Waals surface area contributed by atoms with Crippen LogP contribution in [0.1, 0.15) is 32.1 Å². The van der Waals surface area contributed by atoms with Gasteiger partial charge in [-0.25, -0.2) is 0 Å². The quantitative estimate of drug-likeness (QED) is 0.844. The first-order valence-corrected chi connectivity index (χ1v) is 6.62. The van der Waals surface area contributed by atoms with Gasteiger partial charge >= 0.3 is 0 Å². The summed E-state index contributed by atoms with van der Waals surface area (Å²) in [6.45, 7) is 3.42. The Bertz CT molecular complexity index is 625. The predicted octanol–water partition coefficient (Wildman–Crippen LogP) is 3.48. The highest BCUT2D eigenvalue weighted by atomic mass is 35.5. The molecule has 1 aromatic carbocycles. The molecule has 0 fully saturated rings. The minimum absolute atomic E-state index is 0.00534. The van der Waals surface area contributed by atoms with Crippen molar-refractivity contribution in [1.82, 2.24) is 10.1 Å². The zero-order chi connectivity index (χ0) is 14.7. The van der Waals surface area contributed by atoms with E-state index in [0.717, 1.165) is 0 Å². The van der Waals surface area contributed by atoms with Gasteiger partial charge in [-0.2, -0.15) is 4.98 Å². The molecular weight excluding hydrogens is 280 g/mol. The third-order valence-corrected chi connectivity index (χ3v) is 3.28. The fraction of sp³-hybridized carbons (Fsp3) is 0.357. The lowest BCUT2D eigenvalue weighted by Gasteiger charge is -2.05. The van der Waals surface area contributed by atoms with Gasteiger partial charge in [0.25, 0.3) is 0 Å². The number of hydrogen-bond acceptors (Lipinski definition) is 5. The molecule has 2 aromatic rings. The number of carbonyl (C=O) groups excluding carboxylic acids is 1. The van der Waals surface area contributed by atoms with Crippen molar-refractivity contribution in [3.8, 4) is 17.1 Å². The zero-order valence-corrected chi connectivity index (χ0v) is 12.3. The molecule has 0 aliphatic rings. The number of halogens is 1. The molecule has 1 aromatic heterocycles. The van der Waals surface area contributed by atoms with Crippen molar-refractivity contribution >= 4 is 17.4 Å². The van der Waals surface area contributed by atoms with Crippen LogP contribution in [0.2, 0.25) is 5.02 Å². The number of rotatable bonds is 5. The average molecular weight is 295 g/mol. The number of ether oxygens (including phenoxy) is 1. The third kappa shape index (κ3) is 2.82. The van der Waals surface area contributed by atoms with Crippen molar-refractivity contribution in [2.24, 2.45) is 0 Å². The highest BCUT2D eigenvalue weighted by molar-refractivity contribution is 6.30. The molecule has 2 rings (SSSR count). The molecule has 0 aliphatic heterocycles. The maximum Gasteiger partial charge on any atom is 0.237 e. The Morgan fingerprint density at radius 1 is 1.50 bits per heavy atom. The number of carbonyl (C=O) groups is 1. The van der Waals surface area contributed by atoms with E-state index in [4.69, 9.17) is 20.9 Å². The summed E-state index contributed by atoms with van der Waals surface area (Å²) in [6, 6.07) is 5.15. The van der Waals surface area contributed by atoms with Crippen molar-refractivity contribution in [3.05, 3.63) is 29.1 Å². The first-order valence-electron chi connectivity index (χ1n) is 6.24. The molecule has 0 radical (unpaired) electrons. The van der Waals surface area contributed by atoms with Crippen LogP contribution >= 0.6 is 11.6 Å². The largest absolute Gasteiger partial charge is 0.496 e. The van der Waals surface area contributed by atoms with Crippen molar-refractivity contribution in [3.63, 3.8) is 0 Å². The van der Waals surface area contributed by atoms with Crippen molar-refractivity contribution in [2.45, 2.75) is 26.2 Å². The first kappa shape index (κ1) is 14.5. The standard InChI is InChI=1S/C14H15ClN2O3/c1-4-10(8(2)18)14-16-13(17-20-14)11-6-5-9(15)7-12(11)19-3/h5-7,10H,4H2,1-3H3. The third-order valence-electron chi connectivity index (χ3n) is 3.04. The number of hydrogen-bond donors (Lipinski definition) is 0. The van der Waals surface area contributed by atoms with E-state index in [0.29, 0.717) is 34.5 Å². The van der Waals surface area contributed by atoms with Gasteiger partial charge in [-0.1, -0.05) is 23.7 Å². The van der Waals surface area contributed by atoms with Gasteiger partial charge in [0, 0.05) is 5.02 Å².